The van der Waals surface area contributed by atoms with Crippen molar-refractivity contribution in [1.29, 1.82) is 0 Å². The molecule has 0 saturated heterocycles. The largest absolute Gasteiger partial charge is 0.289 e. The van der Waals surface area contributed by atoms with Crippen molar-refractivity contribution in [3.63, 3.8) is 0 Å². The Bertz CT molecular complexity index is 561. The fraction of sp³-hybridized carbons (Fsp3) is 0.267. The number of carbonyl (C=O) groups excluding carboxylic acids is 1. The molecule has 0 saturated carbocycles. The predicted molar refractivity (Wildman–Crippen MR) is 68.4 cm³/mol. The smallest absolute Gasteiger partial charge is 0.200 e. The molecule has 1 nitrogen and oxygen atoms in total. The topological polar surface area (TPSA) is 17.1 Å². The fourth-order valence-electron chi connectivity index (χ4n) is 1.54. The molecule has 0 spiro atoms. The molecule has 0 radical (unpaired) electrons. The average molecular weight is 304 g/mol. The summed E-state index contributed by atoms with van der Waals surface area (Å²) in [5.74, 6) is -12.1. The van der Waals surface area contributed by atoms with E-state index in [1.807, 2.05) is 6.92 Å². The lowest BCUT2D eigenvalue weighted by atomic mass is 10.1. The standard InChI is InChI=1S/C15H13F5O/c1-2-3-4-5-6-7-8-9(21)10-11(16)13(18)15(20)14(19)12(10)17/h5-8H,2-4H2,1H3/b6-5+,8-7+. The van der Waals surface area contributed by atoms with Crippen LogP contribution in [0.3, 0.4) is 0 Å². The van der Waals surface area contributed by atoms with Crippen molar-refractivity contribution in [2.75, 3.05) is 0 Å². The van der Waals surface area contributed by atoms with Gasteiger partial charge in [-0.05, 0) is 12.5 Å². The monoisotopic (exact) mass is 304 g/mol. The van der Waals surface area contributed by atoms with E-state index >= 15 is 0 Å². The van der Waals surface area contributed by atoms with Gasteiger partial charge in [-0.25, -0.2) is 22.0 Å². The summed E-state index contributed by atoms with van der Waals surface area (Å²) in [6, 6.07) is 0. The third kappa shape index (κ3) is 4.00. The highest BCUT2D eigenvalue weighted by atomic mass is 19.2. The minimum atomic E-state index is -2.29. The molecular formula is C15H13F5O. The van der Waals surface area contributed by atoms with Gasteiger partial charge < -0.3 is 0 Å². The molecule has 0 amide bonds. The lowest BCUT2D eigenvalue weighted by Gasteiger charge is -2.04. The Balaban J connectivity index is 2.99. The van der Waals surface area contributed by atoms with Gasteiger partial charge in [0.15, 0.2) is 29.1 Å². The van der Waals surface area contributed by atoms with Crippen LogP contribution < -0.4 is 0 Å². The molecule has 0 fully saturated rings. The highest BCUT2D eigenvalue weighted by molar-refractivity contribution is 6.05. The number of carbonyl (C=O) groups is 1. The molecule has 1 aromatic rings. The summed E-state index contributed by atoms with van der Waals surface area (Å²) < 4.78 is 65.4. The Kier molecular flexibility index (Phi) is 6.27. The number of hydrogen-bond acceptors (Lipinski definition) is 1. The molecule has 0 N–H and O–H groups in total. The number of rotatable bonds is 6. The van der Waals surface area contributed by atoms with Gasteiger partial charge >= 0.3 is 0 Å². The maximum atomic E-state index is 13.3. The van der Waals surface area contributed by atoms with Crippen LogP contribution in [-0.4, -0.2) is 5.78 Å². The van der Waals surface area contributed by atoms with Crippen LogP contribution in [0.1, 0.15) is 36.5 Å². The molecular weight excluding hydrogens is 291 g/mol. The van der Waals surface area contributed by atoms with Crippen LogP contribution in [0.5, 0.6) is 0 Å². The van der Waals surface area contributed by atoms with E-state index < -0.39 is 40.4 Å². The quantitative estimate of drug-likeness (QED) is 0.139. The first-order valence-corrected chi connectivity index (χ1v) is 6.30. The predicted octanol–water partition coefficient (Wildman–Crippen LogP) is 4.87. The molecule has 0 heterocycles. The van der Waals surface area contributed by atoms with Gasteiger partial charge in [-0.1, -0.05) is 38.0 Å². The summed E-state index contributed by atoms with van der Waals surface area (Å²) in [6.45, 7) is 2.00. The van der Waals surface area contributed by atoms with Crippen LogP contribution in [0.2, 0.25) is 0 Å². The summed E-state index contributed by atoms with van der Waals surface area (Å²) in [7, 11) is 0. The average Bonchev–Trinajstić information content (AvgIpc) is 2.47. The van der Waals surface area contributed by atoms with Crippen molar-refractivity contribution in [3.8, 4) is 0 Å². The van der Waals surface area contributed by atoms with Gasteiger partial charge in [0, 0.05) is 0 Å². The molecule has 0 aliphatic carbocycles. The maximum Gasteiger partial charge on any atom is 0.200 e. The lowest BCUT2D eigenvalue weighted by Crippen LogP contribution is -2.11. The molecule has 6 heteroatoms. The van der Waals surface area contributed by atoms with Crippen LogP contribution in [0.25, 0.3) is 0 Å². The molecule has 114 valence electrons. The summed E-state index contributed by atoms with van der Waals surface area (Å²) >= 11 is 0. The van der Waals surface area contributed by atoms with Gasteiger partial charge in [-0.15, -0.1) is 0 Å². The Morgan fingerprint density at radius 2 is 1.43 bits per heavy atom. The number of hydrogen-bond donors (Lipinski definition) is 0. The van der Waals surface area contributed by atoms with E-state index in [-0.39, 0.29) is 0 Å². The molecule has 0 aliphatic heterocycles. The minimum Gasteiger partial charge on any atom is -0.289 e. The normalized spacial score (nSPS) is 11.7. The van der Waals surface area contributed by atoms with Gasteiger partial charge in [0.2, 0.25) is 5.82 Å². The highest BCUT2D eigenvalue weighted by Gasteiger charge is 2.28. The summed E-state index contributed by atoms with van der Waals surface area (Å²) in [5.41, 5.74) is -1.45. The number of halogens is 5. The first kappa shape index (κ1) is 17.1. The summed E-state index contributed by atoms with van der Waals surface area (Å²) in [4.78, 5) is 11.5. The second-order valence-corrected chi connectivity index (χ2v) is 4.24. The van der Waals surface area contributed by atoms with Gasteiger partial charge in [0.1, 0.15) is 0 Å². The Labute approximate surface area is 118 Å². The summed E-state index contributed by atoms with van der Waals surface area (Å²) in [6.07, 6.45) is 7.83. The van der Waals surface area contributed by atoms with E-state index in [4.69, 9.17) is 0 Å². The maximum absolute atomic E-state index is 13.3. The zero-order chi connectivity index (χ0) is 16.0. The Morgan fingerprint density at radius 3 is 1.95 bits per heavy atom. The number of ketones is 1. The van der Waals surface area contributed by atoms with Crippen LogP contribution in [0.15, 0.2) is 24.3 Å². The molecule has 0 aromatic heterocycles. The van der Waals surface area contributed by atoms with Crippen molar-refractivity contribution >= 4 is 5.78 Å². The van der Waals surface area contributed by atoms with Crippen molar-refractivity contribution in [1.82, 2.24) is 0 Å². The van der Waals surface area contributed by atoms with E-state index in [1.54, 1.807) is 6.08 Å². The van der Waals surface area contributed by atoms with Crippen LogP contribution in [-0.2, 0) is 0 Å². The minimum absolute atomic E-state index is 0.751. The number of benzene rings is 1. The van der Waals surface area contributed by atoms with E-state index in [1.165, 1.54) is 12.2 Å². The Morgan fingerprint density at radius 1 is 0.905 bits per heavy atom. The molecule has 21 heavy (non-hydrogen) atoms. The van der Waals surface area contributed by atoms with E-state index in [9.17, 15) is 26.7 Å². The molecule has 1 aromatic carbocycles. The first-order valence-electron chi connectivity index (χ1n) is 6.30. The Hall–Kier alpha value is -1.98. The first-order chi connectivity index (χ1) is 9.91. The third-order valence-electron chi connectivity index (χ3n) is 2.68. The van der Waals surface area contributed by atoms with E-state index in [2.05, 4.69) is 0 Å². The molecule has 0 atom stereocenters. The SMILES string of the molecule is CCCC/C=C/C=C/C(=O)c1c(F)c(F)c(F)c(F)c1F. The third-order valence-corrected chi connectivity index (χ3v) is 2.68. The highest BCUT2D eigenvalue weighted by Crippen LogP contribution is 2.23. The van der Waals surface area contributed by atoms with Crippen LogP contribution >= 0.6 is 0 Å². The van der Waals surface area contributed by atoms with Gasteiger partial charge in [-0.2, -0.15) is 0 Å². The lowest BCUT2D eigenvalue weighted by molar-refractivity contribution is 0.103. The molecule has 1 rings (SSSR count). The van der Waals surface area contributed by atoms with Gasteiger partial charge in [0.25, 0.3) is 0 Å². The molecule has 0 unspecified atom stereocenters. The number of unbranched alkanes of at least 4 members (excludes halogenated alkanes) is 2. The second kappa shape index (κ2) is 7.71. The summed E-state index contributed by atoms with van der Waals surface area (Å²) in [5, 5.41) is 0. The van der Waals surface area contributed by atoms with Crippen LogP contribution in [0, 0.1) is 29.1 Å². The molecule has 0 bridgehead atoms. The van der Waals surface area contributed by atoms with Gasteiger partial charge in [0.05, 0.1) is 5.56 Å². The van der Waals surface area contributed by atoms with Crippen LogP contribution in [0.4, 0.5) is 22.0 Å². The second-order valence-electron chi connectivity index (χ2n) is 4.24. The van der Waals surface area contributed by atoms with Gasteiger partial charge in [-0.3, -0.25) is 4.79 Å². The fourth-order valence-corrected chi connectivity index (χ4v) is 1.54. The zero-order valence-electron chi connectivity index (χ0n) is 11.2. The zero-order valence-corrected chi connectivity index (χ0v) is 11.2. The van der Waals surface area contributed by atoms with E-state index in [0.717, 1.165) is 25.3 Å². The van der Waals surface area contributed by atoms with E-state index in [0.29, 0.717) is 0 Å². The van der Waals surface area contributed by atoms with Crippen molar-refractivity contribution < 1.29 is 26.7 Å². The molecule has 0 aliphatic rings. The van der Waals surface area contributed by atoms with Crippen molar-refractivity contribution in [2.24, 2.45) is 0 Å². The van der Waals surface area contributed by atoms with Crippen molar-refractivity contribution in [2.45, 2.75) is 26.2 Å². The number of allylic oxidation sites excluding steroid dienone is 4. The van der Waals surface area contributed by atoms with Crippen molar-refractivity contribution in [3.05, 3.63) is 59.0 Å².